The molecule has 0 bridgehead atoms. The quantitative estimate of drug-likeness (QED) is 0.722. The second-order valence-corrected chi connectivity index (χ2v) is 6.68. The van der Waals surface area contributed by atoms with Gasteiger partial charge in [0.1, 0.15) is 11.9 Å². The Balaban J connectivity index is 1.65. The van der Waals surface area contributed by atoms with Crippen molar-refractivity contribution in [2.45, 2.75) is 26.1 Å². The number of hydrogen-bond donors (Lipinski definition) is 0. The Bertz CT molecular complexity index is 870. The van der Waals surface area contributed by atoms with Crippen molar-refractivity contribution in [1.82, 2.24) is 15.0 Å². The van der Waals surface area contributed by atoms with Crippen molar-refractivity contribution in [2.24, 2.45) is 0 Å². The first kappa shape index (κ1) is 16.7. The molecule has 3 heterocycles. The molecule has 1 aromatic carbocycles. The van der Waals surface area contributed by atoms with Crippen LogP contribution in [-0.2, 0) is 4.74 Å². The predicted molar refractivity (Wildman–Crippen MR) is 102 cm³/mol. The number of morpholine rings is 1. The van der Waals surface area contributed by atoms with E-state index < -0.39 is 0 Å². The number of nitrogens with zero attached hydrogens (tertiary/aromatic N) is 4. The highest BCUT2D eigenvalue weighted by Gasteiger charge is 2.27. The predicted octanol–water partition coefficient (Wildman–Crippen LogP) is 3.81. The highest BCUT2D eigenvalue weighted by atomic mass is 16.5. The van der Waals surface area contributed by atoms with Crippen molar-refractivity contribution in [3.05, 3.63) is 72.2 Å². The number of rotatable bonds is 3. The molecule has 0 N–H and O–H groups in total. The van der Waals surface area contributed by atoms with Crippen molar-refractivity contribution in [1.29, 1.82) is 0 Å². The molecule has 0 radical (unpaired) electrons. The molecular formula is C21H22N4O. The molecule has 0 amide bonds. The largest absolute Gasteiger partial charge is 0.367 e. The van der Waals surface area contributed by atoms with Crippen LogP contribution in [-0.4, -0.2) is 34.1 Å². The molecule has 2 aromatic heterocycles. The second kappa shape index (κ2) is 7.22. The summed E-state index contributed by atoms with van der Waals surface area (Å²) >= 11 is 0. The lowest BCUT2D eigenvalue weighted by Gasteiger charge is -2.38. The fourth-order valence-electron chi connectivity index (χ4n) is 3.33. The van der Waals surface area contributed by atoms with Crippen LogP contribution in [0.2, 0.25) is 0 Å². The first-order valence-corrected chi connectivity index (χ1v) is 8.90. The molecule has 5 heteroatoms. The molecule has 0 spiro atoms. The van der Waals surface area contributed by atoms with Gasteiger partial charge in [0.25, 0.3) is 0 Å². The molecule has 0 unspecified atom stereocenters. The van der Waals surface area contributed by atoms with Crippen LogP contribution in [0.3, 0.4) is 0 Å². The number of benzene rings is 1. The van der Waals surface area contributed by atoms with E-state index in [4.69, 9.17) is 9.72 Å². The molecule has 0 saturated carbocycles. The number of ether oxygens (including phenoxy) is 1. The average Bonchev–Trinajstić information content (AvgIpc) is 2.68. The maximum atomic E-state index is 6.18. The van der Waals surface area contributed by atoms with Crippen LogP contribution < -0.4 is 4.90 Å². The summed E-state index contributed by atoms with van der Waals surface area (Å²) in [6.45, 7) is 5.71. The normalized spacial score (nSPS) is 20.2. The van der Waals surface area contributed by atoms with Crippen molar-refractivity contribution >= 4 is 5.82 Å². The van der Waals surface area contributed by atoms with Crippen LogP contribution in [0, 0.1) is 6.92 Å². The molecule has 1 fully saturated rings. The van der Waals surface area contributed by atoms with Crippen molar-refractivity contribution in [2.75, 3.05) is 18.0 Å². The third-order valence-corrected chi connectivity index (χ3v) is 4.53. The zero-order valence-corrected chi connectivity index (χ0v) is 15.0. The molecule has 1 aliphatic rings. The van der Waals surface area contributed by atoms with Crippen LogP contribution in [0.4, 0.5) is 5.82 Å². The topological polar surface area (TPSA) is 51.1 Å². The Labute approximate surface area is 153 Å². The third-order valence-electron chi connectivity index (χ3n) is 4.53. The van der Waals surface area contributed by atoms with Gasteiger partial charge in [0.2, 0.25) is 0 Å². The number of hydrogen-bond acceptors (Lipinski definition) is 5. The van der Waals surface area contributed by atoms with Crippen LogP contribution >= 0.6 is 0 Å². The van der Waals surface area contributed by atoms with Crippen LogP contribution in [0.15, 0.2) is 60.9 Å². The van der Waals surface area contributed by atoms with E-state index in [0.29, 0.717) is 0 Å². The van der Waals surface area contributed by atoms with Crippen LogP contribution in [0.25, 0.3) is 11.4 Å². The molecule has 4 rings (SSSR count). The van der Waals surface area contributed by atoms with Gasteiger partial charge in [-0.15, -0.1) is 0 Å². The van der Waals surface area contributed by atoms with Gasteiger partial charge >= 0.3 is 0 Å². The molecule has 3 aromatic rings. The van der Waals surface area contributed by atoms with Gasteiger partial charge in [-0.2, -0.15) is 0 Å². The molecule has 1 aliphatic heterocycles. The minimum Gasteiger partial charge on any atom is -0.367 e. The second-order valence-electron chi connectivity index (χ2n) is 6.68. The van der Waals surface area contributed by atoms with E-state index in [1.165, 1.54) is 5.56 Å². The zero-order valence-electron chi connectivity index (χ0n) is 15.0. The fourth-order valence-corrected chi connectivity index (χ4v) is 3.33. The number of anilines is 1. The SMILES string of the molecule is Cc1cc(N2C[C@@H](C)O[C@@H](c3ccccc3)C2)nc(-c2ccncc2)n1. The summed E-state index contributed by atoms with van der Waals surface area (Å²) in [5.74, 6) is 1.68. The summed E-state index contributed by atoms with van der Waals surface area (Å²) in [4.78, 5) is 15.8. The zero-order chi connectivity index (χ0) is 17.9. The molecule has 0 aliphatic carbocycles. The van der Waals surface area contributed by atoms with E-state index in [2.05, 4.69) is 46.1 Å². The summed E-state index contributed by atoms with van der Waals surface area (Å²) in [6, 6.07) is 16.3. The minimum absolute atomic E-state index is 0.0413. The first-order chi connectivity index (χ1) is 12.7. The molecule has 1 saturated heterocycles. The highest BCUT2D eigenvalue weighted by molar-refractivity contribution is 5.57. The summed E-state index contributed by atoms with van der Waals surface area (Å²) in [6.07, 6.45) is 3.71. The number of aryl methyl sites for hydroxylation is 1. The van der Waals surface area contributed by atoms with Crippen LogP contribution in [0.1, 0.15) is 24.3 Å². The van der Waals surface area contributed by atoms with Gasteiger partial charge in [-0.1, -0.05) is 30.3 Å². The molecule has 2 atom stereocenters. The Hall–Kier alpha value is -2.79. The standard InChI is InChI=1S/C21H22N4O/c1-15-12-20(24-21(23-15)18-8-10-22-11-9-18)25-13-16(2)26-19(14-25)17-6-4-3-5-7-17/h3-12,16,19H,13-14H2,1-2H3/t16-,19-/m1/s1. The molecule has 26 heavy (non-hydrogen) atoms. The van der Waals surface area contributed by atoms with E-state index >= 15 is 0 Å². The van der Waals surface area contributed by atoms with E-state index in [0.717, 1.165) is 36.0 Å². The fraction of sp³-hybridized carbons (Fsp3) is 0.286. The number of pyridine rings is 1. The minimum atomic E-state index is 0.0413. The van der Waals surface area contributed by atoms with Crippen molar-refractivity contribution < 1.29 is 4.74 Å². The molecule has 5 nitrogen and oxygen atoms in total. The van der Waals surface area contributed by atoms with Gasteiger partial charge in [0, 0.05) is 42.8 Å². The maximum Gasteiger partial charge on any atom is 0.161 e. The van der Waals surface area contributed by atoms with E-state index in [1.807, 2.05) is 31.2 Å². The number of aromatic nitrogens is 3. The third kappa shape index (κ3) is 3.58. The van der Waals surface area contributed by atoms with E-state index in [-0.39, 0.29) is 12.2 Å². The van der Waals surface area contributed by atoms with E-state index in [9.17, 15) is 0 Å². The summed E-state index contributed by atoms with van der Waals surface area (Å²) in [5, 5.41) is 0. The Morgan fingerprint density at radius 2 is 1.77 bits per heavy atom. The maximum absolute atomic E-state index is 6.18. The summed E-state index contributed by atoms with van der Waals surface area (Å²) in [5.41, 5.74) is 3.13. The Morgan fingerprint density at radius 1 is 1.00 bits per heavy atom. The highest BCUT2D eigenvalue weighted by Crippen LogP contribution is 2.29. The van der Waals surface area contributed by atoms with Gasteiger partial charge in [0.05, 0.1) is 6.10 Å². The Kier molecular flexibility index (Phi) is 4.63. The lowest BCUT2D eigenvalue weighted by Crippen LogP contribution is -2.43. The van der Waals surface area contributed by atoms with Gasteiger partial charge in [-0.05, 0) is 31.5 Å². The van der Waals surface area contributed by atoms with Gasteiger partial charge in [-0.3, -0.25) is 4.98 Å². The van der Waals surface area contributed by atoms with Gasteiger partial charge in [0.15, 0.2) is 5.82 Å². The smallest absolute Gasteiger partial charge is 0.161 e. The van der Waals surface area contributed by atoms with Crippen molar-refractivity contribution in [3.63, 3.8) is 0 Å². The van der Waals surface area contributed by atoms with Gasteiger partial charge in [-0.25, -0.2) is 9.97 Å². The lowest BCUT2D eigenvalue weighted by atomic mass is 10.1. The first-order valence-electron chi connectivity index (χ1n) is 8.90. The monoisotopic (exact) mass is 346 g/mol. The summed E-state index contributed by atoms with van der Waals surface area (Å²) < 4.78 is 6.18. The Morgan fingerprint density at radius 3 is 2.54 bits per heavy atom. The van der Waals surface area contributed by atoms with Gasteiger partial charge < -0.3 is 9.64 Å². The van der Waals surface area contributed by atoms with Crippen molar-refractivity contribution in [3.8, 4) is 11.4 Å². The summed E-state index contributed by atoms with van der Waals surface area (Å²) in [7, 11) is 0. The van der Waals surface area contributed by atoms with E-state index in [1.54, 1.807) is 12.4 Å². The lowest BCUT2D eigenvalue weighted by molar-refractivity contribution is -0.0176. The molecule has 132 valence electrons. The average molecular weight is 346 g/mol. The van der Waals surface area contributed by atoms with Crippen LogP contribution in [0.5, 0.6) is 0 Å². The molecular weight excluding hydrogens is 324 g/mol.